The lowest BCUT2D eigenvalue weighted by atomic mass is 9.93. The molecule has 0 spiro atoms. The van der Waals surface area contributed by atoms with Gasteiger partial charge in [-0.25, -0.2) is 0 Å². The van der Waals surface area contributed by atoms with E-state index in [2.05, 4.69) is 37.2 Å². The molecular formula is C84H135BN8O36. The second kappa shape index (κ2) is 61.1. The third kappa shape index (κ3) is 45.7. The zero-order valence-electron chi connectivity index (χ0n) is 76.5. The van der Waals surface area contributed by atoms with E-state index < -0.39 is 201 Å². The van der Waals surface area contributed by atoms with Gasteiger partial charge in [-0.15, -0.1) is 0 Å². The lowest BCUT2D eigenvalue weighted by Crippen LogP contribution is -2.66. The van der Waals surface area contributed by atoms with Crippen LogP contribution in [-0.2, 0) is 172 Å². The van der Waals surface area contributed by atoms with Gasteiger partial charge in [-0.3, -0.25) is 81.5 Å². The van der Waals surface area contributed by atoms with E-state index >= 15 is 0 Å². The first kappa shape index (κ1) is 112. The Bertz CT molecular complexity index is 3320. The molecule has 730 valence electrons. The number of carbonyl (C=O) groups is 18. The van der Waals surface area contributed by atoms with Crippen LogP contribution in [0.1, 0.15) is 212 Å². The number of nitrogens with zero attached hydrogens (tertiary/aromatic N) is 1. The summed E-state index contributed by atoms with van der Waals surface area (Å²) in [5.41, 5.74) is -1.56. The summed E-state index contributed by atoms with van der Waals surface area (Å²) in [6.07, 6.45) is -7.25. The van der Waals surface area contributed by atoms with Crippen molar-refractivity contribution in [1.29, 1.82) is 0 Å². The van der Waals surface area contributed by atoms with Crippen molar-refractivity contribution in [3.8, 4) is 0 Å². The molecule has 4 saturated heterocycles. The first-order valence-electron chi connectivity index (χ1n) is 44.0. The van der Waals surface area contributed by atoms with Crippen molar-refractivity contribution in [1.82, 2.24) is 42.1 Å². The normalized spacial score (nSPS) is 23.0. The van der Waals surface area contributed by atoms with Crippen LogP contribution in [0.5, 0.6) is 0 Å². The molecular weight excluding hydrogens is 1710 g/mol. The molecule has 15 unspecified atom stereocenters. The average molecular weight is 1840 g/mol. The van der Waals surface area contributed by atoms with Crippen LogP contribution in [0.15, 0.2) is 0 Å². The van der Waals surface area contributed by atoms with Crippen LogP contribution >= 0.6 is 0 Å². The number of esters is 9. The topological polar surface area (TPSA) is 561 Å². The van der Waals surface area contributed by atoms with Gasteiger partial charge in [-0.2, -0.15) is 0 Å². The van der Waals surface area contributed by atoms with Gasteiger partial charge in [-0.1, -0.05) is 38.5 Å². The van der Waals surface area contributed by atoms with Crippen LogP contribution in [0.25, 0.3) is 0 Å². The van der Waals surface area contributed by atoms with Gasteiger partial charge in [0.2, 0.25) is 47.3 Å². The average Bonchev–Trinajstić information content (AvgIpc) is 0.793. The Morgan fingerprint density at radius 3 is 0.899 bits per heavy atom. The highest BCUT2D eigenvalue weighted by Crippen LogP contribution is 2.33. The van der Waals surface area contributed by atoms with Crippen LogP contribution < -0.4 is 37.2 Å². The maximum Gasteiger partial charge on any atom is 0.303 e. The minimum absolute atomic E-state index is 0.0411. The van der Waals surface area contributed by atoms with E-state index in [1.54, 1.807) is 4.90 Å². The standard InChI is InChI=1S/C84H135BN8O36/c1-50(94)89-71-77(124-59(10)103)74(121-56(7)100)63(44-118-53(4)97)127-81(71)115-38-22-16-13-19-33-86-67(107)30-41-112-47-84(92-80(111)62-28-36-93(37-29-62)70(110)27-25-26-66(85)106,48-113-42-31-68(108)87-34-20-14-17-23-39-116-82-72(90-51(2)95)78(125-60(11)104)75(122-57(8)101)64(128-82)45-119-54(5)98)49-114-43-32-69(109)88-35-21-15-18-24-40-117-83-73(91-52(3)96)79(126-61(12)105)76(123-58(9)102)65(129-83)46-120-55(6)99/h62-65,71-79,81-83H,13-49,85H2,1-12H3,(H,86,107)(H,87,108)(H,88,109)(H,89,94)(H,90,95)(H,91,96)(H,92,111). The second-order valence-corrected chi connectivity index (χ2v) is 32.0. The molecule has 0 aromatic carbocycles. The Hall–Kier alpha value is -9.64. The predicted octanol–water partition coefficient (Wildman–Crippen LogP) is -0.322. The Labute approximate surface area is 752 Å². The highest BCUT2D eigenvalue weighted by atomic mass is 16.7. The Kier molecular flexibility index (Phi) is 52.9. The Morgan fingerprint density at radius 2 is 0.628 bits per heavy atom. The van der Waals surface area contributed by atoms with Crippen molar-refractivity contribution >= 4 is 115 Å². The van der Waals surface area contributed by atoms with E-state index in [-0.39, 0.29) is 166 Å². The van der Waals surface area contributed by atoms with Crippen molar-refractivity contribution in [3.05, 3.63) is 0 Å². The van der Waals surface area contributed by atoms with Gasteiger partial charge in [-0.05, 0) is 64.2 Å². The van der Waals surface area contributed by atoms with Gasteiger partial charge >= 0.3 is 53.7 Å². The number of carbonyl (C=O) groups excluding carboxylic acids is 18. The molecule has 0 aromatic heterocycles. The van der Waals surface area contributed by atoms with Gasteiger partial charge in [0.15, 0.2) is 63.3 Å². The molecule has 4 fully saturated rings. The van der Waals surface area contributed by atoms with E-state index in [9.17, 15) is 86.3 Å². The van der Waals surface area contributed by atoms with E-state index in [1.165, 1.54) is 49.4 Å². The predicted molar refractivity (Wildman–Crippen MR) is 448 cm³/mol. The fraction of sp³-hybridized carbons (Fsp3) is 0.786. The van der Waals surface area contributed by atoms with Gasteiger partial charge in [0.05, 0.1) is 45.3 Å². The van der Waals surface area contributed by atoms with Gasteiger partial charge in [0.25, 0.3) is 0 Å². The minimum atomic E-state index is -1.51. The summed E-state index contributed by atoms with van der Waals surface area (Å²) in [6.45, 7) is 13.0. The molecule has 45 heteroatoms. The van der Waals surface area contributed by atoms with Crippen LogP contribution in [0.2, 0.25) is 0 Å². The lowest BCUT2D eigenvalue weighted by molar-refractivity contribution is -0.277. The lowest BCUT2D eigenvalue weighted by Gasteiger charge is -2.44. The molecule has 129 heavy (non-hydrogen) atoms. The van der Waals surface area contributed by atoms with Gasteiger partial charge in [0, 0.05) is 167 Å². The number of nitrogens with one attached hydrogen (secondary N) is 7. The fourth-order valence-electron chi connectivity index (χ4n) is 14.5. The van der Waals surface area contributed by atoms with Crippen molar-refractivity contribution in [3.63, 3.8) is 0 Å². The molecule has 4 aliphatic heterocycles. The summed E-state index contributed by atoms with van der Waals surface area (Å²) in [7, 11) is 1.45. The molecule has 4 aliphatic rings. The number of hydrogen-bond donors (Lipinski definition) is 7. The van der Waals surface area contributed by atoms with Crippen molar-refractivity contribution in [2.45, 2.75) is 309 Å². The van der Waals surface area contributed by atoms with Crippen LogP contribution in [0.4, 0.5) is 0 Å². The zero-order chi connectivity index (χ0) is 95.5. The quantitative estimate of drug-likeness (QED) is 0.0178. The molecule has 8 amide bonds. The number of ether oxygens (including phenoxy) is 18. The smallest absolute Gasteiger partial charge is 0.303 e. The third-order valence-electron chi connectivity index (χ3n) is 20.3. The number of hydrogen-bond acceptors (Lipinski definition) is 36. The van der Waals surface area contributed by atoms with E-state index in [4.69, 9.17) is 85.3 Å². The first-order valence-corrected chi connectivity index (χ1v) is 44.0. The van der Waals surface area contributed by atoms with Crippen molar-refractivity contribution in [2.24, 2.45) is 5.92 Å². The van der Waals surface area contributed by atoms with E-state index in [0.29, 0.717) is 83.5 Å². The monoisotopic (exact) mass is 1840 g/mol. The van der Waals surface area contributed by atoms with Crippen LogP contribution in [0.3, 0.4) is 0 Å². The Balaban J connectivity index is 1.43. The molecule has 7 N–H and O–H groups in total. The maximum absolute atomic E-state index is 14.6. The molecule has 0 aliphatic carbocycles. The number of piperidine rings is 1. The number of unbranched alkanes of at least 4 members (excludes halogenated alkanes) is 9. The summed E-state index contributed by atoms with van der Waals surface area (Å²) in [5.74, 6) is -10.4. The molecule has 4 rings (SSSR count). The summed E-state index contributed by atoms with van der Waals surface area (Å²) in [5, 5.41) is 19.7. The zero-order valence-corrected chi connectivity index (χ0v) is 76.5. The summed E-state index contributed by atoms with van der Waals surface area (Å²) < 4.78 is 104. The molecule has 0 radical (unpaired) electrons. The molecule has 0 bridgehead atoms. The molecule has 44 nitrogen and oxygen atoms in total. The highest BCUT2D eigenvalue weighted by Gasteiger charge is 2.55. The van der Waals surface area contributed by atoms with Crippen molar-refractivity contribution in [2.75, 3.05) is 112 Å². The second-order valence-electron chi connectivity index (χ2n) is 32.0. The molecule has 15 atom stereocenters. The van der Waals surface area contributed by atoms with Crippen molar-refractivity contribution < 1.29 is 172 Å². The van der Waals surface area contributed by atoms with Crippen LogP contribution in [-0.4, -0.2) is 329 Å². The largest absolute Gasteiger partial charge is 0.463 e. The number of likely N-dealkylation sites (tertiary alicyclic amines) is 1. The third-order valence-corrected chi connectivity index (χ3v) is 20.3. The SMILES string of the molecule is BC(=O)CCCC(=O)N1CCC(C(=O)NC(COCCC(=O)NCCCCCCOC2OC(COC(C)=O)C(OC(C)=O)C(OC(C)=O)C2NC(C)=O)(COCCC(=O)NCCCCCCOC2OC(COC(C)=O)C(OC(C)=O)C(OC(C)=O)C2NC(C)=O)COCCC(=O)NCCCCCCOC2OC(COC(C)=O)C(OC(C)=O)C(OC(C)=O)C2NC(C)=O)CC1. The van der Waals surface area contributed by atoms with Gasteiger partial charge < -0.3 is 132 Å². The highest BCUT2D eigenvalue weighted by molar-refractivity contribution is 6.57. The first-order chi connectivity index (χ1) is 61.3. The van der Waals surface area contributed by atoms with E-state index in [1.807, 2.05) is 0 Å². The molecule has 0 saturated carbocycles. The summed E-state index contributed by atoms with van der Waals surface area (Å²) >= 11 is 0. The maximum atomic E-state index is 14.6. The summed E-state index contributed by atoms with van der Waals surface area (Å²) in [4.78, 5) is 227. The minimum Gasteiger partial charge on any atom is -0.463 e. The van der Waals surface area contributed by atoms with E-state index in [0.717, 1.165) is 41.5 Å². The van der Waals surface area contributed by atoms with Gasteiger partial charge in [0.1, 0.15) is 61.8 Å². The summed E-state index contributed by atoms with van der Waals surface area (Å²) in [6, 6.07) is -3.42. The number of rotatable bonds is 60. The fourth-order valence-corrected chi connectivity index (χ4v) is 14.5. The number of amides is 8. The molecule has 0 aromatic rings. The Morgan fingerprint density at radius 1 is 0.341 bits per heavy atom. The molecule has 4 heterocycles. The van der Waals surface area contributed by atoms with Crippen LogP contribution in [0, 0.1) is 5.92 Å².